The largest absolute Gasteiger partial charge is 0.496 e. The number of hydrogen-bond acceptors (Lipinski definition) is 3. The van der Waals surface area contributed by atoms with E-state index in [2.05, 4.69) is 28.9 Å². The van der Waals surface area contributed by atoms with Gasteiger partial charge in [0.1, 0.15) is 5.75 Å². The van der Waals surface area contributed by atoms with E-state index in [0.29, 0.717) is 0 Å². The van der Waals surface area contributed by atoms with Gasteiger partial charge < -0.3 is 15.0 Å². The van der Waals surface area contributed by atoms with Crippen LogP contribution in [0.1, 0.15) is 19.4 Å². The van der Waals surface area contributed by atoms with Crippen LogP contribution in [0.4, 0.5) is 5.69 Å². The summed E-state index contributed by atoms with van der Waals surface area (Å²) in [5, 5.41) is 3.05. The second-order valence-electron chi connectivity index (χ2n) is 3.42. The molecule has 0 heterocycles. The number of benzene rings is 1. The lowest BCUT2D eigenvalue weighted by atomic mass is 10.2. The molecule has 1 aromatic rings. The highest BCUT2D eigenvalue weighted by Gasteiger charge is 2.03. The third kappa shape index (κ3) is 4.81. The molecule has 3 heteroatoms. The lowest BCUT2D eigenvalue weighted by Gasteiger charge is -2.20. The molecule has 3 nitrogen and oxygen atoms in total. The van der Waals surface area contributed by atoms with E-state index < -0.39 is 0 Å². The van der Waals surface area contributed by atoms with Crippen molar-refractivity contribution in [3.8, 4) is 5.75 Å². The van der Waals surface area contributed by atoms with E-state index in [0.717, 1.165) is 23.7 Å². The zero-order valence-corrected chi connectivity index (χ0v) is 11.6. The quantitative estimate of drug-likeness (QED) is 0.795. The Morgan fingerprint density at radius 1 is 1.41 bits per heavy atom. The summed E-state index contributed by atoms with van der Waals surface area (Å²) in [5.74, 6) is 0.915. The minimum Gasteiger partial charge on any atom is -0.496 e. The Morgan fingerprint density at radius 2 is 2.06 bits per heavy atom. The van der Waals surface area contributed by atoms with E-state index in [1.165, 1.54) is 0 Å². The lowest BCUT2D eigenvalue weighted by molar-refractivity contribution is 0.411. The van der Waals surface area contributed by atoms with E-state index in [9.17, 15) is 0 Å². The van der Waals surface area contributed by atoms with Crippen LogP contribution in [0.2, 0.25) is 0 Å². The highest BCUT2D eigenvalue weighted by molar-refractivity contribution is 5.52. The molecule has 0 bridgehead atoms. The van der Waals surface area contributed by atoms with E-state index in [1.54, 1.807) is 13.3 Å². The van der Waals surface area contributed by atoms with Gasteiger partial charge in [0, 0.05) is 18.8 Å². The van der Waals surface area contributed by atoms with Gasteiger partial charge in [0.05, 0.1) is 13.8 Å². The molecule has 0 unspecified atom stereocenters. The third-order valence-electron chi connectivity index (χ3n) is 2.31. The van der Waals surface area contributed by atoms with Gasteiger partial charge >= 0.3 is 0 Å². The summed E-state index contributed by atoms with van der Waals surface area (Å²) in [5.41, 5.74) is 2.26. The molecule has 0 aromatic heterocycles. The molecule has 0 atom stereocenters. The van der Waals surface area contributed by atoms with Crippen LogP contribution in [0, 0.1) is 6.92 Å². The monoisotopic (exact) mass is 236 g/mol. The molecule has 1 rings (SSSR count). The Hall–Kier alpha value is -1.64. The van der Waals surface area contributed by atoms with E-state index in [1.807, 2.05) is 33.9 Å². The number of nitrogens with zero attached hydrogens (tertiary/aromatic N) is 1. The van der Waals surface area contributed by atoms with Crippen molar-refractivity contribution >= 4 is 5.69 Å². The fraction of sp³-hybridized carbons (Fsp3) is 0.429. The van der Waals surface area contributed by atoms with Gasteiger partial charge in [0.2, 0.25) is 0 Å². The molecule has 0 saturated heterocycles. The number of ether oxygens (including phenoxy) is 1. The van der Waals surface area contributed by atoms with E-state index in [4.69, 9.17) is 4.74 Å². The number of hydrogen-bond donors (Lipinski definition) is 1. The van der Waals surface area contributed by atoms with Crippen molar-refractivity contribution in [1.29, 1.82) is 0 Å². The summed E-state index contributed by atoms with van der Waals surface area (Å²) in [7, 11) is 3.70. The van der Waals surface area contributed by atoms with Gasteiger partial charge in [0.25, 0.3) is 0 Å². The Bertz CT molecular complexity index is 337. The number of aryl methyl sites for hydroxylation is 1. The average Bonchev–Trinajstić information content (AvgIpc) is 2.38. The summed E-state index contributed by atoms with van der Waals surface area (Å²) in [4.78, 5) is 2.09. The third-order valence-corrected chi connectivity index (χ3v) is 2.31. The molecule has 17 heavy (non-hydrogen) atoms. The van der Waals surface area contributed by atoms with Gasteiger partial charge in [-0.15, -0.1) is 0 Å². The van der Waals surface area contributed by atoms with E-state index >= 15 is 0 Å². The van der Waals surface area contributed by atoms with E-state index in [-0.39, 0.29) is 0 Å². The highest BCUT2D eigenvalue weighted by atomic mass is 16.5. The van der Waals surface area contributed by atoms with Gasteiger partial charge in [-0.25, -0.2) is 0 Å². The van der Waals surface area contributed by atoms with Gasteiger partial charge in [-0.1, -0.05) is 26.5 Å². The first-order valence-electron chi connectivity index (χ1n) is 5.89. The van der Waals surface area contributed by atoms with Crippen LogP contribution in [0.5, 0.6) is 5.75 Å². The molecular weight excluding hydrogens is 212 g/mol. The summed E-state index contributed by atoms with van der Waals surface area (Å²) in [6.07, 6.45) is 1.68. The Balaban J connectivity index is 0.00000121. The number of rotatable bonds is 5. The maximum absolute atomic E-state index is 5.27. The molecular formula is C14H24N2O. The second-order valence-corrected chi connectivity index (χ2v) is 3.42. The van der Waals surface area contributed by atoms with Crippen molar-refractivity contribution in [2.75, 3.05) is 25.7 Å². The van der Waals surface area contributed by atoms with Gasteiger partial charge in [0.15, 0.2) is 0 Å². The van der Waals surface area contributed by atoms with Crippen molar-refractivity contribution in [3.63, 3.8) is 0 Å². The molecule has 0 radical (unpaired) electrons. The molecule has 1 N–H and O–H groups in total. The van der Waals surface area contributed by atoms with Gasteiger partial charge in [-0.3, -0.25) is 0 Å². The zero-order chi connectivity index (χ0) is 13.3. The smallest absolute Gasteiger partial charge is 0.123 e. The number of anilines is 1. The van der Waals surface area contributed by atoms with Crippen LogP contribution < -0.4 is 15.0 Å². The Morgan fingerprint density at radius 3 is 2.59 bits per heavy atom. The van der Waals surface area contributed by atoms with Crippen LogP contribution in [-0.4, -0.2) is 20.8 Å². The van der Waals surface area contributed by atoms with Crippen molar-refractivity contribution in [1.82, 2.24) is 5.32 Å². The first-order valence-corrected chi connectivity index (χ1v) is 5.89. The Labute approximate surface area is 105 Å². The SMILES string of the molecule is C=CNCN(C)c1ccc(C)c(OC)c1.CC. The second kappa shape index (κ2) is 8.50. The molecule has 96 valence electrons. The molecule has 0 aliphatic carbocycles. The first-order chi connectivity index (χ1) is 8.19. The van der Waals surface area contributed by atoms with Crippen LogP contribution in [0.3, 0.4) is 0 Å². The van der Waals surface area contributed by atoms with Crippen LogP contribution in [0.25, 0.3) is 0 Å². The standard InChI is InChI=1S/C12H18N2O.C2H6/c1-5-13-9-14(3)11-7-6-10(2)12(8-11)15-4;1-2/h5-8,13H,1,9H2,2-4H3;1-2H3. The molecule has 0 saturated carbocycles. The number of methoxy groups -OCH3 is 1. The van der Waals surface area contributed by atoms with Crippen molar-refractivity contribution in [3.05, 3.63) is 36.5 Å². The van der Waals surface area contributed by atoms with Crippen molar-refractivity contribution in [2.24, 2.45) is 0 Å². The van der Waals surface area contributed by atoms with Crippen molar-refractivity contribution in [2.45, 2.75) is 20.8 Å². The lowest BCUT2D eigenvalue weighted by Crippen LogP contribution is -2.27. The summed E-state index contributed by atoms with van der Waals surface area (Å²) >= 11 is 0. The zero-order valence-electron chi connectivity index (χ0n) is 11.6. The van der Waals surface area contributed by atoms with Crippen LogP contribution in [0.15, 0.2) is 31.0 Å². The van der Waals surface area contributed by atoms with Crippen molar-refractivity contribution < 1.29 is 4.74 Å². The predicted octanol–water partition coefficient (Wildman–Crippen LogP) is 3.16. The van der Waals surface area contributed by atoms with Gasteiger partial charge in [-0.05, 0) is 24.8 Å². The van der Waals surface area contributed by atoms with Crippen LogP contribution in [-0.2, 0) is 0 Å². The minimum atomic E-state index is 0.732. The molecule has 1 aromatic carbocycles. The summed E-state index contributed by atoms with van der Waals surface area (Å²) in [6, 6.07) is 6.15. The summed E-state index contributed by atoms with van der Waals surface area (Å²) < 4.78 is 5.27. The minimum absolute atomic E-state index is 0.732. The number of nitrogens with one attached hydrogen (secondary N) is 1. The fourth-order valence-corrected chi connectivity index (χ4v) is 1.34. The Kier molecular flexibility index (Phi) is 7.68. The molecule has 0 amide bonds. The topological polar surface area (TPSA) is 24.5 Å². The first kappa shape index (κ1) is 15.4. The maximum atomic E-state index is 5.27. The summed E-state index contributed by atoms with van der Waals surface area (Å²) in [6.45, 7) is 10.4. The molecule has 0 spiro atoms. The highest BCUT2D eigenvalue weighted by Crippen LogP contribution is 2.23. The molecule has 0 aliphatic rings. The predicted molar refractivity (Wildman–Crippen MR) is 75.7 cm³/mol. The fourth-order valence-electron chi connectivity index (χ4n) is 1.34. The van der Waals surface area contributed by atoms with Crippen LogP contribution >= 0.6 is 0 Å². The van der Waals surface area contributed by atoms with Gasteiger partial charge in [-0.2, -0.15) is 0 Å². The molecule has 0 fully saturated rings. The average molecular weight is 236 g/mol. The normalized spacial score (nSPS) is 8.76. The molecule has 0 aliphatic heterocycles. The maximum Gasteiger partial charge on any atom is 0.123 e.